The molecule has 2 atom stereocenters. The van der Waals surface area contributed by atoms with Crippen molar-refractivity contribution >= 4 is 11.8 Å². The fourth-order valence-electron chi connectivity index (χ4n) is 2.59. The summed E-state index contributed by atoms with van der Waals surface area (Å²) in [6.45, 7) is 3.87. The zero-order valence-electron chi connectivity index (χ0n) is 14.2. The molecule has 126 valence electrons. The van der Waals surface area contributed by atoms with Crippen molar-refractivity contribution in [2.45, 2.75) is 32.7 Å². The van der Waals surface area contributed by atoms with Crippen LogP contribution in [0.2, 0.25) is 0 Å². The Kier molecular flexibility index (Phi) is 6.13. The molecule has 0 aliphatic rings. The quantitative estimate of drug-likeness (QED) is 0.822. The minimum absolute atomic E-state index is 0.0203. The Labute approximate surface area is 143 Å². The van der Waals surface area contributed by atoms with Crippen molar-refractivity contribution in [1.29, 1.82) is 0 Å². The molecule has 2 aromatic rings. The lowest BCUT2D eigenvalue weighted by Crippen LogP contribution is -2.48. The van der Waals surface area contributed by atoms with Crippen LogP contribution < -0.4 is 11.1 Å². The van der Waals surface area contributed by atoms with E-state index >= 15 is 0 Å². The molecule has 2 rings (SSSR count). The molecule has 2 unspecified atom stereocenters. The predicted octanol–water partition coefficient (Wildman–Crippen LogP) is 2.91. The molecule has 0 aliphatic carbocycles. The SMILES string of the molecule is CCC(C)C(NC(=O)Cc1ccc(-c2ccccc2)cc1)C(N)=O. The summed E-state index contributed by atoms with van der Waals surface area (Å²) in [5, 5.41) is 2.75. The molecule has 0 spiro atoms. The van der Waals surface area contributed by atoms with E-state index in [1.54, 1.807) is 0 Å². The summed E-state index contributed by atoms with van der Waals surface area (Å²) in [7, 11) is 0. The van der Waals surface area contributed by atoms with E-state index < -0.39 is 11.9 Å². The number of benzene rings is 2. The summed E-state index contributed by atoms with van der Waals surface area (Å²) >= 11 is 0. The monoisotopic (exact) mass is 324 g/mol. The van der Waals surface area contributed by atoms with E-state index in [-0.39, 0.29) is 18.2 Å². The molecule has 0 saturated heterocycles. The first-order valence-electron chi connectivity index (χ1n) is 8.24. The average molecular weight is 324 g/mol. The van der Waals surface area contributed by atoms with Gasteiger partial charge >= 0.3 is 0 Å². The van der Waals surface area contributed by atoms with Crippen LogP contribution >= 0.6 is 0 Å². The standard InChI is InChI=1S/C20H24N2O2/c1-3-14(2)19(20(21)24)22-18(23)13-15-9-11-17(12-10-15)16-7-5-4-6-8-16/h4-12,14,19H,3,13H2,1-2H3,(H2,21,24)(H,22,23). The number of amides is 2. The Hall–Kier alpha value is -2.62. The topological polar surface area (TPSA) is 72.2 Å². The van der Waals surface area contributed by atoms with Crippen LogP contribution in [-0.4, -0.2) is 17.9 Å². The van der Waals surface area contributed by atoms with Gasteiger partial charge in [0.1, 0.15) is 6.04 Å². The molecule has 4 nitrogen and oxygen atoms in total. The third-order valence-electron chi connectivity index (χ3n) is 4.26. The number of primary amides is 1. The van der Waals surface area contributed by atoms with E-state index in [1.165, 1.54) is 0 Å². The molecule has 4 heteroatoms. The van der Waals surface area contributed by atoms with Crippen molar-refractivity contribution in [1.82, 2.24) is 5.32 Å². The second-order valence-corrected chi connectivity index (χ2v) is 6.07. The van der Waals surface area contributed by atoms with Crippen molar-refractivity contribution < 1.29 is 9.59 Å². The van der Waals surface area contributed by atoms with Crippen LogP contribution in [0.3, 0.4) is 0 Å². The molecule has 3 N–H and O–H groups in total. The Bertz CT molecular complexity index is 681. The van der Waals surface area contributed by atoms with Gasteiger partial charge in [0, 0.05) is 0 Å². The second-order valence-electron chi connectivity index (χ2n) is 6.07. The number of nitrogens with two attached hydrogens (primary N) is 1. The molecule has 0 aromatic heterocycles. The molecule has 24 heavy (non-hydrogen) atoms. The fourth-order valence-corrected chi connectivity index (χ4v) is 2.59. The molecule has 0 fully saturated rings. The van der Waals surface area contributed by atoms with Gasteiger partial charge in [0.05, 0.1) is 6.42 Å². The molecule has 2 amide bonds. The third kappa shape index (κ3) is 4.69. The summed E-state index contributed by atoms with van der Waals surface area (Å²) in [4.78, 5) is 23.7. The number of hydrogen-bond acceptors (Lipinski definition) is 2. The number of rotatable bonds is 7. The van der Waals surface area contributed by atoms with Crippen LogP contribution in [0.5, 0.6) is 0 Å². The van der Waals surface area contributed by atoms with Gasteiger partial charge in [-0.1, -0.05) is 74.9 Å². The fraction of sp³-hybridized carbons (Fsp3) is 0.300. The van der Waals surface area contributed by atoms with Gasteiger partial charge in [0.25, 0.3) is 0 Å². The van der Waals surface area contributed by atoms with Crippen LogP contribution in [-0.2, 0) is 16.0 Å². The van der Waals surface area contributed by atoms with Gasteiger partial charge < -0.3 is 11.1 Å². The minimum atomic E-state index is -0.619. The maximum absolute atomic E-state index is 12.2. The predicted molar refractivity (Wildman–Crippen MR) is 96.2 cm³/mol. The highest BCUT2D eigenvalue weighted by Gasteiger charge is 2.23. The summed E-state index contributed by atoms with van der Waals surface area (Å²) in [5.41, 5.74) is 8.53. The lowest BCUT2D eigenvalue weighted by Gasteiger charge is -2.21. The zero-order valence-corrected chi connectivity index (χ0v) is 14.2. The summed E-state index contributed by atoms with van der Waals surface area (Å²) in [5.74, 6) is -0.657. The Morgan fingerprint density at radius 1 is 1.00 bits per heavy atom. The van der Waals surface area contributed by atoms with Crippen LogP contribution in [0.4, 0.5) is 0 Å². The van der Waals surface area contributed by atoms with Gasteiger partial charge in [-0.15, -0.1) is 0 Å². The van der Waals surface area contributed by atoms with Crippen LogP contribution in [0.15, 0.2) is 54.6 Å². The van der Waals surface area contributed by atoms with Crippen LogP contribution in [0, 0.1) is 5.92 Å². The van der Waals surface area contributed by atoms with Gasteiger partial charge in [-0.3, -0.25) is 9.59 Å². The Morgan fingerprint density at radius 3 is 2.12 bits per heavy atom. The van der Waals surface area contributed by atoms with Crippen molar-refractivity contribution in [3.63, 3.8) is 0 Å². The highest BCUT2D eigenvalue weighted by Crippen LogP contribution is 2.19. The molecule has 2 aromatic carbocycles. The number of carbonyl (C=O) groups excluding carboxylic acids is 2. The first-order valence-corrected chi connectivity index (χ1v) is 8.24. The summed E-state index contributed by atoms with van der Waals surface area (Å²) in [6.07, 6.45) is 1.01. The average Bonchev–Trinajstić information content (AvgIpc) is 2.60. The molecular formula is C20H24N2O2. The normalized spacial score (nSPS) is 13.1. The summed E-state index contributed by atoms with van der Waals surface area (Å²) < 4.78 is 0. The number of hydrogen-bond donors (Lipinski definition) is 2. The van der Waals surface area contributed by atoms with Gasteiger partial charge in [-0.05, 0) is 22.6 Å². The van der Waals surface area contributed by atoms with Crippen molar-refractivity contribution in [3.8, 4) is 11.1 Å². The van der Waals surface area contributed by atoms with E-state index in [1.807, 2.05) is 68.4 Å². The van der Waals surface area contributed by atoms with Gasteiger partial charge in [-0.2, -0.15) is 0 Å². The van der Waals surface area contributed by atoms with E-state index in [4.69, 9.17) is 5.73 Å². The first-order chi connectivity index (χ1) is 11.5. The maximum atomic E-state index is 12.2. The van der Waals surface area contributed by atoms with E-state index in [0.717, 1.165) is 23.1 Å². The smallest absolute Gasteiger partial charge is 0.240 e. The number of nitrogens with one attached hydrogen (secondary N) is 1. The Balaban J connectivity index is 2.00. The number of carbonyl (C=O) groups is 2. The van der Waals surface area contributed by atoms with Gasteiger partial charge in [0.2, 0.25) is 11.8 Å². The molecule has 0 saturated carbocycles. The van der Waals surface area contributed by atoms with Crippen molar-refractivity contribution in [3.05, 3.63) is 60.2 Å². The van der Waals surface area contributed by atoms with E-state index in [0.29, 0.717) is 0 Å². The second kappa shape index (κ2) is 8.29. The third-order valence-corrected chi connectivity index (χ3v) is 4.26. The van der Waals surface area contributed by atoms with Crippen LogP contribution in [0.25, 0.3) is 11.1 Å². The molecule has 0 radical (unpaired) electrons. The highest BCUT2D eigenvalue weighted by molar-refractivity contribution is 5.87. The molecule has 0 aliphatic heterocycles. The largest absolute Gasteiger partial charge is 0.368 e. The lowest BCUT2D eigenvalue weighted by molar-refractivity contribution is -0.128. The zero-order chi connectivity index (χ0) is 17.5. The molecular weight excluding hydrogens is 300 g/mol. The van der Waals surface area contributed by atoms with Crippen molar-refractivity contribution in [2.75, 3.05) is 0 Å². The molecule has 0 bridgehead atoms. The first kappa shape index (κ1) is 17.7. The van der Waals surface area contributed by atoms with Gasteiger partial charge in [0.15, 0.2) is 0 Å². The van der Waals surface area contributed by atoms with Crippen LogP contribution in [0.1, 0.15) is 25.8 Å². The minimum Gasteiger partial charge on any atom is -0.368 e. The van der Waals surface area contributed by atoms with Gasteiger partial charge in [-0.25, -0.2) is 0 Å². The van der Waals surface area contributed by atoms with Crippen molar-refractivity contribution in [2.24, 2.45) is 11.7 Å². The lowest BCUT2D eigenvalue weighted by atomic mass is 9.98. The summed E-state index contributed by atoms with van der Waals surface area (Å²) in [6, 6.07) is 17.3. The Morgan fingerprint density at radius 2 is 1.58 bits per heavy atom. The van der Waals surface area contributed by atoms with E-state index in [9.17, 15) is 9.59 Å². The molecule has 0 heterocycles. The maximum Gasteiger partial charge on any atom is 0.240 e. The highest BCUT2D eigenvalue weighted by atomic mass is 16.2. The van der Waals surface area contributed by atoms with E-state index in [2.05, 4.69) is 5.32 Å².